The standard InChI is InChI=1S/C21H20BrN3O2/c1-14-20(16-8-10-17(22)11-9-16)21(25(2)24-14)23-19(26)12-7-15-5-4-6-18(13-15)27-3/h4-13H,1-3H3,(H,23,26)/b12-7+. The summed E-state index contributed by atoms with van der Waals surface area (Å²) in [6, 6.07) is 15.4. The molecular weight excluding hydrogens is 406 g/mol. The van der Waals surface area contributed by atoms with Crippen molar-refractivity contribution in [3.63, 3.8) is 0 Å². The molecule has 0 radical (unpaired) electrons. The summed E-state index contributed by atoms with van der Waals surface area (Å²) in [4.78, 5) is 12.5. The maximum absolute atomic E-state index is 12.5. The number of methoxy groups -OCH3 is 1. The molecule has 0 aliphatic heterocycles. The molecule has 1 N–H and O–H groups in total. The molecule has 0 aliphatic carbocycles. The minimum atomic E-state index is -0.223. The van der Waals surface area contributed by atoms with Crippen molar-refractivity contribution in [2.45, 2.75) is 6.92 Å². The smallest absolute Gasteiger partial charge is 0.249 e. The molecule has 0 bridgehead atoms. The summed E-state index contributed by atoms with van der Waals surface area (Å²) in [6.07, 6.45) is 3.25. The van der Waals surface area contributed by atoms with Gasteiger partial charge in [-0.15, -0.1) is 0 Å². The molecule has 0 saturated carbocycles. The fourth-order valence-electron chi connectivity index (χ4n) is 2.84. The predicted molar refractivity (Wildman–Crippen MR) is 112 cm³/mol. The molecule has 0 unspecified atom stereocenters. The number of hydrogen-bond acceptors (Lipinski definition) is 3. The van der Waals surface area contributed by atoms with Gasteiger partial charge < -0.3 is 10.1 Å². The zero-order valence-electron chi connectivity index (χ0n) is 15.4. The molecule has 6 heteroatoms. The Kier molecular flexibility index (Phi) is 5.76. The molecule has 1 amide bonds. The first-order valence-electron chi connectivity index (χ1n) is 8.40. The Morgan fingerprint density at radius 3 is 2.67 bits per heavy atom. The molecule has 0 atom stereocenters. The molecule has 27 heavy (non-hydrogen) atoms. The predicted octanol–water partition coefficient (Wildman–Crippen LogP) is 4.82. The quantitative estimate of drug-likeness (QED) is 0.596. The number of ether oxygens (including phenoxy) is 1. The number of halogens is 1. The SMILES string of the molecule is COc1cccc(/C=C/C(=O)Nc2c(-c3ccc(Br)cc3)c(C)nn2C)c1. The number of nitrogens with zero attached hydrogens (tertiary/aromatic N) is 2. The van der Waals surface area contributed by atoms with Crippen molar-refractivity contribution in [2.75, 3.05) is 12.4 Å². The van der Waals surface area contributed by atoms with Gasteiger partial charge in [-0.1, -0.05) is 40.2 Å². The average molecular weight is 426 g/mol. The normalized spacial score (nSPS) is 11.0. The summed E-state index contributed by atoms with van der Waals surface area (Å²) in [6.45, 7) is 1.93. The van der Waals surface area contributed by atoms with Gasteiger partial charge in [-0.3, -0.25) is 9.48 Å². The first-order valence-corrected chi connectivity index (χ1v) is 9.20. The lowest BCUT2D eigenvalue weighted by Crippen LogP contribution is -2.12. The molecule has 1 aromatic heterocycles. The Morgan fingerprint density at radius 1 is 1.22 bits per heavy atom. The fourth-order valence-corrected chi connectivity index (χ4v) is 3.10. The molecule has 0 fully saturated rings. The third-order valence-corrected chi connectivity index (χ3v) is 4.65. The van der Waals surface area contributed by atoms with Crippen LogP contribution in [0.5, 0.6) is 5.75 Å². The highest BCUT2D eigenvalue weighted by atomic mass is 79.9. The second-order valence-electron chi connectivity index (χ2n) is 6.04. The van der Waals surface area contributed by atoms with Gasteiger partial charge in [0.1, 0.15) is 11.6 Å². The molecule has 1 heterocycles. The third kappa shape index (κ3) is 4.46. The summed E-state index contributed by atoms with van der Waals surface area (Å²) in [7, 11) is 3.43. The number of aromatic nitrogens is 2. The van der Waals surface area contributed by atoms with E-state index in [1.807, 2.05) is 62.5 Å². The Morgan fingerprint density at radius 2 is 1.96 bits per heavy atom. The van der Waals surface area contributed by atoms with Crippen molar-refractivity contribution in [3.8, 4) is 16.9 Å². The van der Waals surface area contributed by atoms with E-state index in [0.29, 0.717) is 5.82 Å². The van der Waals surface area contributed by atoms with E-state index in [2.05, 4.69) is 26.3 Å². The van der Waals surface area contributed by atoms with Crippen LogP contribution in [-0.4, -0.2) is 22.8 Å². The summed E-state index contributed by atoms with van der Waals surface area (Å²) in [5, 5.41) is 7.40. The van der Waals surface area contributed by atoms with Crippen LogP contribution in [0.1, 0.15) is 11.3 Å². The minimum Gasteiger partial charge on any atom is -0.497 e. The highest BCUT2D eigenvalue weighted by molar-refractivity contribution is 9.10. The maximum Gasteiger partial charge on any atom is 0.249 e. The van der Waals surface area contributed by atoms with Crippen molar-refractivity contribution in [1.29, 1.82) is 0 Å². The number of nitrogens with one attached hydrogen (secondary N) is 1. The van der Waals surface area contributed by atoms with Gasteiger partial charge in [0.05, 0.1) is 12.8 Å². The number of carbonyl (C=O) groups excluding carboxylic acids is 1. The van der Waals surface area contributed by atoms with Gasteiger partial charge in [0.25, 0.3) is 0 Å². The highest BCUT2D eigenvalue weighted by Crippen LogP contribution is 2.31. The van der Waals surface area contributed by atoms with E-state index in [9.17, 15) is 4.79 Å². The van der Waals surface area contributed by atoms with Crippen LogP contribution >= 0.6 is 15.9 Å². The van der Waals surface area contributed by atoms with E-state index in [1.54, 1.807) is 17.9 Å². The van der Waals surface area contributed by atoms with Gasteiger partial charge in [0.2, 0.25) is 5.91 Å². The number of carbonyl (C=O) groups is 1. The molecule has 0 spiro atoms. The van der Waals surface area contributed by atoms with Gasteiger partial charge in [-0.05, 0) is 48.4 Å². The van der Waals surface area contributed by atoms with Gasteiger partial charge in [0, 0.05) is 23.2 Å². The number of aryl methyl sites for hydroxylation is 2. The monoisotopic (exact) mass is 425 g/mol. The van der Waals surface area contributed by atoms with E-state index in [1.165, 1.54) is 6.08 Å². The van der Waals surface area contributed by atoms with Crippen LogP contribution in [0.25, 0.3) is 17.2 Å². The summed E-state index contributed by atoms with van der Waals surface area (Å²) in [5.41, 5.74) is 3.65. The van der Waals surface area contributed by atoms with E-state index >= 15 is 0 Å². The molecule has 138 valence electrons. The maximum atomic E-state index is 12.5. The van der Waals surface area contributed by atoms with Crippen LogP contribution in [0, 0.1) is 6.92 Å². The van der Waals surface area contributed by atoms with Crippen LogP contribution < -0.4 is 10.1 Å². The summed E-state index contributed by atoms with van der Waals surface area (Å²) < 4.78 is 7.88. The van der Waals surface area contributed by atoms with Crippen LogP contribution in [0.15, 0.2) is 59.1 Å². The topological polar surface area (TPSA) is 56.1 Å². The lowest BCUT2D eigenvalue weighted by Gasteiger charge is -2.08. The van der Waals surface area contributed by atoms with E-state index in [4.69, 9.17) is 4.74 Å². The zero-order chi connectivity index (χ0) is 19.4. The molecule has 3 aromatic rings. The van der Waals surface area contributed by atoms with Crippen molar-refractivity contribution in [3.05, 3.63) is 70.3 Å². The van der Waals surface area contributed by atoms with Crippen molar-refractivity contribution < 1.29 is 9.53 Å². The molecule has 5 nitrogen and oxygen atoms in total. The van der Waals surface area contributed by atoms with E-state index < -0.39 is 0 Å². The van der Waals surface area contributed by atoms with Crippen molar-refractivity contribution in [2.24, 2.45) is 7.05 Å². The van der Waals surface area contributed by atoms with Gasteiger partial charge >= 0.3 is 0 Å². The van der Waals surface area contributed by atoms with Crippen molar-refractivity contribution >= 4 is 33.7 Å². The molecular formula is C21H20BrN3O2. The second kappa shape index (κ2) is 8.22. The Balaban J connectivity index is 1.83. The third-order valence-electron chi connectivity index (χ3n) is 4.12. The van der Waals surface area contributed by atoms with Crippen LogP contribution in [0.4, 0.5) is 5.82 Å². The van der Waals surface area contributed by atoms with Crippen molar-refractivity contribution in [1.82, 2.24) is 9.78 Å². The van der Waals surface area contributed by atoms with E-state index in [0.717, 1.165) is 32.6 Å². The Bertz CT molecular complexity index is 991. The Labute approximate surface area is 166 Å². The number of amides is 1. The molecule has 0 aliphatic rings. The lowest BCUT2D eigenvalue weighted by molar-refractivity contribution is -0.111. The van der Waals surface area contributed by atoms with Crippen LogP contribution in [0.2, 0.25) is 0 Å². The highest BCUT2D eigenvalue weighted by Gasteiger charge is 2.16. The number of hydrogen-bond donors (Lipinski definition) is 1. The second-order valence-corrected chi connectivity index (χ2v) is 6.95. The first kappa shape index (κ1) is 18.9. The minimum absolute atomic E-state index is 0.223. The van der Waals surface area contributed by atoms with Gasteiger partial charge in [-0.2, -0.15) is 5.10 Å². The number of benzene rings is 2. The number of anilines is 1. The van der Waals surface area contributed by atoms with Gasteiger partial charge in [0.15, 0.2) is 0 Å². The Hall–Kier alpha value is -2.86. The van der Waals surface area contributed by atoms with E-state index in [-0.39, 0.29) is 5.91 Å². The van der Waals surface area contributed by atoms with Crippen LogP contribution in [-0.2, 0) is 11.8 Å². The number of rotatable bonds is 5. The zero-order valence-corrected chi connectivity index (χ0v) is 16.9. The average Bonchev–Trinajstić information content (AvgIpc) is 2.94. The summed E-state index contributed by atoms with van der Waals surface area (Å²) in [5.74, 6) is 1.19. The van der Waals surface area contributed by atoms with Crippen LogP contribution in [0.3, 0.4) is 0 Å². The first-order chi connectivity index (χ1) is 13.0. The van der Waals surface area contributed by atoms with Gasteiger partial charge in [-0.25, -0.2) is 0 Å². The molecule has 2 aromatic carbocycles. The summed E-state index contributed by atoms with van der Waals surface area (Å²) >= 11 is 3.44. The molecule has 3 rings (SSSR count). The fraction of sp³-hybridized carbons (Fsp3) is 0.143. The largest absolute Gasteiger partial charge is 0.497 e. The lowest BCUT2D eigenvalue weighted by atomic mass is 10.1. The molecule has 0 saturated heterocycles.